The van der Waals surface area contributed by atoms with Crippen LogP contribution in [0.3, 0.4) is 0 Å². The van der Waals surface area contributed by atoms with Crippen molar-refractivity contribution in [3.8, 4) is 0 Å². The summed E-state index contributed by atoms with van der Waals surface area (Å²) in [5.41, 5.74) is 3.62. The Morgan fingerprint density at radius 1 is 1.24 bits per heavy atom. The minimum atomic E-state index is 0.654. The maximum Gasteiger partial charge on any atom is 0.171 e. The molecule has 17 heavy (non-hydrogen) atoms. The normalized spacial score (nSPS) is 9.94. The van der Waals surface area contributed by atoms with E-state index in [-0.39, 0.29) is 0 Å². The van der Waals surface area contributed by atoms with Crippen molar-refractivity contribution in [3.63, 3.8) is 0 Å². The van der Waals surface area contributed by atoms with E-state index in [2.05, 4.69) is 28.3 Å². The second-order valence-corrected chi connectivity index (χ2v) is 4.91. The molecule has 1 heterocycles. The highest BCUT2D eigenvalue weighted by Crippen LogP contribution is 2.13. The summed E-state index contributed by atoms with van der Waals surface area (Å²) in [6, 6.07) is 9.92. The zero-order valence-electron chi connectivity index (χ0n) is 9.57. The summed E-state index contributed by atoms with van der Waals surface area (Å²) in [6.07, 6.45) is 0. The molecule has 0 aliphatic heterocycles. The van der Waals surface area contributed by atoms with Crippen molar-refractivity contribution in [1.29, 1.82) is 0 Å². The van der Waals surface area contributed by atoms with E-state index < -0.39 is 0 Å². The van der Waals surface area contributed by atoms with Gasteiger partial charge in [-0.15, -0.1) is 0 Å². The molecule has 0 unspecified atom stereocenters. The van der Waals surface area contributed by atoms with E-state index in [0.29, 0.717) is 5.11 Å². The molecule has 2 N–H and O–H groups in total. The fourth-order valence-electron chi connectivity index (χ4n) is 1.44. The van der Waals surface area contributed by atoms with Gasteiger partial charge in [-0.25, -0.2) is 0 Å². The summed E-state index contributed by atoms with van der Waals surface area (Å²) in [6.45, 7) is 2.88. The molecule has 0 atom stereocenters. The largest absolute Gasteiger partial charge is 0.358 e. The lowest BCUT2D eigenvalue weighted by atomic mass is 10.2. The second-order valence-electron chi connectivity index (χ2n) is 3.75. The smallest absolute Gasteiger partial charge is 0.171 e. The van der Waals surface area contributed by atoms with Gasteiger partial charge in [0.25, 0.3) is 0 Å². The first-order valence-electron chi connectivity index (χ1n) is 5.37. The summed E-state index contributed by atoms with van der Waals surface area (Å²) in [5.74, 6) is 0. The number of thiocarbonyl (C=S) groups is 1. The van der Waals surface area contributed by atoms with Crippen LogP contribution in [-0.2, 0) is 6.54 Å². The first-order chi connectivity index (χ1) is 8.25. The average molecular weight is 262 g/mol. The van der Waals surface area contributed by atoms with Crippen LogP contribution in [-0.4, -0.2) is 5.11 Å². The van der Waals surface area contributed by atoms with Crippen LogP contribution in [0.4, 0.5) is 5.69 Å². The van der Waals surface area contributed by atoms with E-state index in [4.69, 9.17) is 12.2 Å². The molecular formula is C13H14N2S2. The highest BCUT2D eigenvalue weighted by molar-refractivity contribution is 7.80. The summed E-state index contributed by atoms with van der Waals surface area (Å²) >= 11 is 6.95. The molecule has 0 aliphatic rings. The van der Waals surface area contributed by atoms with Gasteiger partial charge in [0.05, 0.1) is 0 Å². The molecule has 4 heteroatoms. The SMILES string of the molecule is Cc1cscc1CNC(=S)Nc1ccccc1. The molecule has 2 rings (SSSR count). The molecule has 2 nitrogen and oxygen atoms in total. The first kappa shape index (κ1) is 12.1. The maximum absolute atomic E-state index is 5.23. The number of rotatable bonds is 3. The molecule has 0 saturated carbocycles. The van der Waals surface area contributed by atoms with Crippen molar-refractivity contribution in [2.45, 2.75) is 13.5 Å². The first-order valence-corrected chi connectivity index (χ1v) is 6.72. The topological polar surface area (TPSA) is 24.1 Å². The van der Waals surface area contributed by atoms with Gasteiger partial charge in [0.15, 0.2) is 5.11 Å². The van der Waals surface area contributed by atoms with E-state index in [1.807, 2.05) is 30.3 Å². The fourth-order valence-corrected chi connectivity index (χ4v) is 2.49. The van der Waals surface area contributed by atoms with Crippen LogP contribution in [0.2, 0.25) is 0 Å². The Morgan fingerprint density at radius 2 is 2.00 bits per heavy atom. The van der Waals surface area contributed by atoms with Crippen molar-refractivity contribution in [2.75, 3.05) is 5.32 Å². The van der Waals surface area contributed by atoms with Crippen LogP contribution in [0, 0.1) is 6.92 Å². The Labute approximate surface area is 111 Å². The zero-order chi connectivity index (χ0) is 12.1. The maximum atomic E-state index is 5.23. The van der Waals surface area contributed by atoms with E-state index in [0.717, 1.165) is 12.2 Å². The number of thiophene rings is 1. The summed E-state index contributed by atoms with van der Waals surface area (Å²) in [4.78, 5) is 0. The third-order valence-electron chi connectivity index (χ3n) is 2.43. The Bertz CT molecular complexity index is 491. The number of benzene rings is 1. The van der Waals surface area contributed by atoms with E-state index in [1.54, 1.807) is 11.3 Å². The predicted octanol–water partition coefficient (Wildman–Crippen LogP) is 3.54. The number of hydrogen-bond acceptors (Lipinski definition) is 2. The van der Waals surface area contributed by atoms with Crippen LogP contribution in [0.15, 0.2) is 41.1 Å². The lowest BCUT2D eigenvalue weighted by Crippen LogP contribution is -2.27. The average Bonchev–Trinajstić information content (AvgIpc) is 2.74. The monoisotopic (exact) mass is 262 g/mol. The number of hydrogen-bond donors (Lipinski definition) is 2. The molecule has 0 fully saturated rings. The van der Waals surface area contributed by atoms with Crippen molar-refractivity contribution >= 4 is 34.4 Å². The number of aryl methyl sites for hydroxylation is 1. The molecule has 1 aromatic carbocycles. The van der Waals surface area contributed by atoms with Gasteiger partial charge in [0, 0.05) is 12.2 Å². The van der Waals surface area contributed by atoms with Gasteiger partial charge in [-0.1, -0.05) is 18.2 Å². The molecule has 0 amide bonds. The summed E-state index contributed by atoms with van der Waals surface area (Å²) < 4.78 is 0. The lowest BCUT2D eigenvalue weighted by Gasteiger charge is -2.10. The van der Waals surface area contributed by atoms with Crippen LogP contribution in [0.5, 0.6) is 0 Å². The molecule has 0 saturated heterocycles. The van der Waals surface area contributed by atoms with Crippen molar-refractivity contribution in [2.24, 2.45) is 0 Å². The quantitative estimate of drug-likeness (QED) is 0.827. The third kappa shape index (κ3) is 3.54. The molecule has 0 spiro atoms. The molecule has 0 radical (unpaired) electrons. The van der Waals surface area contributed by atoms with Gasteiger partial charge >= 0.3 is 0 Å². The highest BCUT2D eigenvalue weighted by atomic mass is 32.1. The Kier molecular flexibility index (Phi) is 4.12. The lowest BCUT2D eigenvalue weighted by molar-refractivity contribution is 0.922. The number of anilines is 1. The third-order valence-corrected chi connectivity index (χ3v) is 3.59. The van der Waals surface area contributed by atoms with Gasteiger partial charge in [0.1, 0.15) is 0 Å². The van der Waals surface area contributed by atoms with Gasteiger partial charge in [0.2, 0.25) is 0 Å². The van der Waals surface area contributed by atoms with E-state index in [9.17, 15) is 0 Å². The number of nitrogens with one attached hydrogen (secondary N) is 2. The van der Waals surface area contributed by atoms with Crippen molar-refractivity contribution in [3.05, 3.63) is 52.2 Å². The van der Waals surface area contributed by atoms with Crippen LogP contribution in [0.1, 0.15) is 11.1 Å². The van der Waals surface area contributed by atoms with Crippen molar-refractivity contribution in [1.82, 2.24) is 5.32 Å². The molecule has 1 aromatic heterocycles. The Hall–Kier alpha value is -1.39. The molecule has 2 aromatic rings. The van der Waals surface area contributed by atoms with E-state index in [1.165, 1.54) is 11.1 Å². The minimum Gasteiger partial charge on any atom is -0.358 e. The number of para-hydroxylation sites is 1. The molecule has 0 bridgehead atoms. The van der Waals surface area contributed by atoms with Gasteiger partial charge in [-0.05, 0) is 53.2 Å². The van der Waals surface area contributed by atoms with Gasteiger partial charge in [-0.2, -0.15) is 11.3 Å². The van der Waals surface area contributed by atoms with Crippen LogP contribution in [0.25, 0.3) is 0 Å². The van der Waals surface area contributed by atoms with Gasteiger partial charge < -0.3 is 10.6 Å². The Balaban J connectivity index is 1.84. The van der Waals surface area contributed by atoms with Crippen molar-refractivity contribution < 1.29 is 0 Å². The van der Waals surface area contributed by atoms with Gasteiger partial charge in [-0.3, -0.25) is 0 Å². The fraction of sp³-hybridized carbons (Fsp3) is 0.154. The Morgan fingerprint density at radius 3 is 2.65 bits per heavy atom. The highest BCUT2D eigenvalue weighted by Gasteiger charge is 2.00. The minimum absolute atomic E-state index is 0.654. The molecule has 0 aliphatic carbocycles. The standard InChI is InChI=1S/C13H14N2S2/c1-10-8-17-9-11(10)7-14-13(16)15-12-5-3-2-4-6-12/h2-6,8-9H,7H2,1H3,(H2,14,15,16). The summed E-state index contributed by atoms with van der Waals surface area (Å²) in [5, 5.41) is 11.3. The summed E-state index contributed by atoms with van der Waals surface area (Å²) in [7, 11) is 0. The second kappa shape index (κ2) is 5.80. The predicted molar refractivity (Wildman–Crippen MR) is 78.6 cm³/mol. The van der Waals surface area contributed by atoms with E-state index >= 15 is 0 Å². The van der Waals surface area contributed by atoms with Crippen LogP contribution < -0.4 is 10.6 Å². The van der Waals surface area contributed by atoms with Crippen LogP contribution >= 0.6 is 23.6 Å². The zero-order valence-corrected chi connectivity index (χ0v) is 11.2. The molecular weight excluding hydrogens is 248 g/mol. The molecule has 88 valence electrons.